The van der Waals surface area contributed by atoms with Crippen LogP contribution in [0.2, 0.25) is 0 Å². The Hall–Kier alpha value is -5.84. The molecule has 2 fully saturated rings. The van der Waals surface area contributed by atoms with Crippen molar-refractivity contribution < 1.29 is 62.2 Å². The number of aromatic nitrogens is 8. The zero-order valence-electron chi connectivity index (χ0n) is 31.8. The number of ether oxygens (including phenoxy) is 2. The molecule has 8 bridgehead atoms. The van der Waals surface area contributed by atoms with Crippen LogP contribution >= 0.6 is 0 Å². The predicted molar refractivity (Wildman–Crippen MR) is 212 cm³/mol. The number of hydrogen-bond acceptors (Lipinski definition) is 8. The third-order valence-electron chi connectivity index (χ3n) is 9.12. The number of fused-ring (bicyclic) bond motifs is 20. The second-order valence-corrected chi connectivity index (χ2v) is 12.4. The van der Waals surface area contributed by atoms with Gasteiger partial charge in [-0.05, 0) is 25.7 Å². The van der Waals surface area contributed by atoms with Gasteiger partial charge in [0.05, 0.1) is 0 Å². The summed E-state index contributed by atoms with van der Waals surface area (Å²) >= 11 is 0. The first-order chi connectivity index (χ1) is 28.8. The van der Waals surface area contributed by atoms with Gasteiger partial charge in [-0.25, -0.2) is 29.9 Å². The fraction of sp³-hybridized carbons (Fsp3) is 0.182. The molecule has 4 aliphatic rings. The largest absolute Gasteiger partial charge is 3.00 e. The summed E-state index contributed by atoms with van der Waals surface area (Å²) in [6, 6.07) is 32.2. The summed E-state index contributed by atoms with van der Waals surface area (Å²) in [6.07, 6.45) is 5.11. The molecule has 0 saturated carbocycles. The Kier molecular flexibility index (Phi) is 20.2. The van der Waals surface area contributed by atoms with Gasteiger partial charge in [0.15, 0.2) is 23.3 Å². The summed E-state index contributed by atoms with van der Waals surface area (Å²) < 4.78 is 39.9. The molecule has 60 heavy (non-hydrogen) atoms. The van der Waals surface area contributed by atoms with Gasteiger partial charge in [0, 0.05) is 70.2 Å². The van der Waals surface area contributed by atoms with E-state index < -0.39 is 0 Å². The number of benzene rings is 4. The maximum atomic E-state index is 7.50. The van der Waals surface area contributed by atoms with E-state index in [0.717, 1.165) is 70.2 Å². The van der Waals surface area contributed by atoms with Gasteiger partial charge in [0.1, 0.15) is 22.6 Å². The van der Waals surface area contributed by atoms with Gasteiger partial charge in [-0.2, -0.15) is 0 Å². The molecule has 3 aromatic heterocycles. The molecular weight excluding hydrogens is 847 g/mol. The van der Waals surface area contributed by atoms with Gasteiger partial charge in [-0.3, -0.25) is 0 Å². The summed E-state index contributed by atoms with van der Waals surface area (Å²) in [5, 5.41) is 3.82. The van der Waals surface area contributed by atoms with Crippen LogP contribution in [0.15, 0.2) is 97.1 Å². The molecule has 0 aliphatic carbocycles. The maximum Gasteiger partial charge on any atom is 3.00 e. The van der Waals surface area contributed by atoms with E-state index in [4.69, 9.17) is 58.0 Å². The standard InChI is InChI=1S/C32H18N8.2C4H8O.4CO.Co.Cr/c1-2-10-18-17(9-1)25-33-26(18)38-28-21-13-5-6-14-22(21)30(35-28)40-32-24-16-8-7-15-23(24)31(36-32)39-29-20-12-4-3-11-19(20)27(34-29)37-25;2*1-2-4-5-3-1;4*1-2;;/h1-16H,(H2,33,34,35,36,37,38,39,40);2*1-4H2;;;;;;/q;;;;;;;2*+3. The molecule has 4 aliphatic heterocycles. The van der Waals surface area contributed by atoms with Crippen LogP contribution in [0.1, 0.15) is 25.7 Å². The second kappa shape index (κ2) is 24.9. The van der Waals surface area contributed by atoms with E-state index in [9.17, 15) is 0 Å². The first-order valence-corrected chi connectivity index (χ1v) is 18.0. The normalized spacial score (nSPS) is 12.1. The molecular formula is C44H34CoCrN8O6+6. The smallest absolute Gasteiger partial charge is 0.324 e. The average Bonchev–Trinajstić information content (AvgIpc) is 4.18. The number of H-pyrrole nitrogens is 2. The first-order valence-electron chi connectivity index (χ1n) is 18.0. The first kappa shape index (κ1) is 48.5. The van der Waals surface area contributed by atoms with Crippen LogP contribution in [-0.2, 0) is 62.2 Å². The summed E-state index contributed by atoms with van der Waals surface area (Å²) in [5.74, 6) is 2.39. The van der Waals surface area contributed by atoms with Crippen LogP contribution in [0, 0.1) is 26.6 Å². The Labute approximate surface area is 365 Å². The predicted octanol–water partition coefficient (Wildman–Crippen LogP) is 8.31. The Morgan fingerprint density at radius 1 is 0.367 bits per heavy atom. The van der Waals surface area contributed by atoms with Gasteiger partial charge in [0.2, 0.25) is 0 Å². The molecule has 14 nitrogen and oxygen atoms in total. The molecule has 16 heteroatoms. The Morgan fingerprint density at radius 3 is 0.783 bits per heavy atom. The molecule has 2 saturated heterocycles. The average molecular weight is 882 g/mol. The molecule has 0 unspecified atom stereocenters. The van der Waals surface area contributed by atoms with Gasteiger partial charge in [-0.15, -0.1) is 0 Å². The maximum absolute atomic E-state index is 7.50. The van der Waals surface area contributed by atoms with Crippen molar-refractivity contribution in [2.75, 3.05) is 26.4 Å². The van der Waals surface area contributed by atoms with Crippen molar-refractivity contribution in [2.45, 2.75) is 25.7 Å². The van der Waals surface area contributed by atoms with E-state index in [1.54, 1.807) is 0 Å². The Bertz CT molecular complexity index is 2390. The van der Waals surface area contributed by atoms with Crippen LogP contribution in [-0.4, -0.2) is 66.3 Å². The van der Waals surface area contributed by atoms with Crippen molar-refractivity contribution in [3.63, 3.8) is 0 Å². The van der Waals surface area contributed by atoms with E-state index in [-0.39, 0.29) is 34.1 Å². The minimum atomic E-state index is 0. The molecule has 11 rings (SSSR count). The molecule has 2 N–H and O–H groups in total. The van der Waals surface area contributed by atoms with E-state index in [0.29, 0.717) is 45.9 Å². The molecule has 7 heterocycles. The minimum absolute atomic E-state index is 0. The summed E-state index contributed by atoms with van der Waals surface area (Å²) in [6.45, 7) is 22.0. The second-order valence-electron chi connectivity index (χ2n) is 12.4. The van der Waals surface area contributed by atoms with Crippen molar-refractivity contribution >= 4 is 44.1 Å². The van der Waals surface area contributed by atoms with Crippen LogP contribution < -0.4 is 0 Å². The van der Waals surface area contributed by atoms with Crippen LogP contribution in [0.25, 0.3) is 89.7 Å². The van der Waals surface area contributed by atoms with Gasteiger partial charge >= 0.3 is 79.4 Å². The molecule has 295 valence electrons. The van der Waals surface area contributed by atoms with Crippen molar-refractivity contribution in [1.29, 1.82) is 0 Å². The van der Waals surface area contributed by atoms with Crippen LogP contribution in [0.5, 0.6) is 0 Å². The number of rotatable bonds is 0. The quantitative estimate of drug-likeness (QED) is 0.112. The third kappa shape index (κ3) is 10.9. The molecule has 7 aromatic rings. The zero-order chi connectivity index (χ0) is 41.3. The summed E-state index contributed by atoms with van der Waals surface area (Å²) in [7, 11) is 0. The van der Waals surface area contributed by atoms with Crippen LogP contribution in [0.3, 0.4) is 0 Å². The molecule has 0 atom stereocenters. The summed E-state index contributed by atoms with van der Waals surface area (Å²) in [4.78, 5) is 36.8. The topological polar surface area (TPSA) is 207 Å². The summed E-state index contributed by atoms with van der Waals surface area (Å²) in [5.41, 5.74) is 6.45. The number of nitrogens with zero attached hydrogens (tertiary/aromatic N) is 6. The number of aromatic amines is 2. The number of hydrogen-bond donors (Lipinski definition) is 2. The number of nitrogens with one attached hydrogen (secondary N) is 2. The van der Waals surface area contributed by atoms with Gasteiger partial charge in [-0.1, -0.05) is 97.1 Å². The van der Waals surface area contributed by atoms with E-state index in [1.165, 1.54) is 25.7 Å². The zero-order valence-corrected chi connectivity index (χ0v) is 34.1. The fourth-order valence-corrected chi connectivity index (χ4v) is 6.61. The molecule has 4 aromatic carbocycles. The Balaban J connectivity index is 0.000000411. The SMILES string of the molecule is C1CCOC1.C1CCOC1.[C-]#[O+].[C-]#[O+].[C-]#[O+].[C-]#[O+].[Co+3].[Cr+3].c1ccc2c(c1)-c1nc-2nc2[nH]c(nc3nc(nc4[nH]c(n1)c1ccccc41)-c1ccccc1-3)c1ccccc21. The fourth-order valence-electron chi connectivity index (χ4n) is 6.61. The van der Waals surface area contributed by atoms with Crippen molar-refractivity contribution in [3.05, 3.63) is 124 Å². The Morgan fingerprint density at radius 2 is 0.583 bits per heavy atom. The van der Waals surface area contributed by atoms with Gasteiger partial charge < -0.3 is 19.4 Å². The van der Waals surface area contributed by atoms with E-state index in [2.05, 4.69) is 36.6 Å². The molecule has 0 amide bonds. The monoisotopic (exact) mass is 881 g/mol. The minimum Gasteiger partial charge on any atom is -0.324 e. The third-order valence-corrected chi connectivity index (χ3v) is 9.12. The van der Waals surface area contributed by atoms with E-state index in [1.807, 2.05) is 97.1 Å². The van der Waals surface area contributed by atoms with Crippen molar-refractivity contribution in [1.82, 2.24) is 39.9 Å². The van der Waals surface area contributed by atoms with Crippen molar-refractivity contribution in [2.24, 2.45) is 0 Å². The van der Waals surface area contributed by atoms with Gasteiger partial charge in [0.25, 0.3) is 0 Å². The van der Waals surface area contributed by atoms with Crippen LogP contribution in [0.4, 0.5) is 0 Å². The van der Waals surface area contributed by atoms with E-state index >= 15 is 0 Å². The molecule has 1 radical (unpaired) electrons. The van der Waals surface area contributed by atoms with Crippen molar-refractivity contribution in [3.8, 4) is 45.6 Å². The molecule has 0 spiro atoms.